The zero-order valence-corrected chi connectivity index (χ0v) is 11.4. The van der Waals surface area contributed by atoms with Gasteiger partial charge in [0.25, 0.3) is 5.91 Å². The third-order valence-electron chi connectivity index (χ3n) is 3.37. The van der Waals surface area contributed by atoms with Crippen LogP contribution in [0.1, 0.15) is 16.9 Å². The first-order valence-corrected chi connectivity index (χ1v) is 8.02. The number of amides is 1. The van der Waals surface area contributed by atoms with Gasteiger partial charge in [-0.2, -0.15) is 5.10 Å². The van der Waals surface area contributed by atoms with Crippen LogP contribution in [0.2, 0.25) is 0 Å². The molecule has 1 unspecified atom stereocenters. The lowest BCUT2D eigenvalue weighted by Crippen LogP contribution is -2.35. The molecule has 0 aliphatic carbocycles. The van der Waals surface area contributed by atoms with Gasteiger partial charge in [-0.15, -0.1) is 0 Å². The molecule has 1 aromatic carbocycles. The van der Waals surface area contributed by atoms with Crippen molar-refractivity contribution in [2.45, 2.75) is 12.5 Å². The Bertz CT molecular complexity index is 781. The van der Waals surface area contributed by atoms with Crippen molar-refractivity contribution in [3.05, 3.63) is 23.9 Å². The maximum atomic E-state index is 12.2. The molecule has 2 aromatic rings. The number of fused-ring (bicyclic) bond motifs is 1. The van der Waals surface area contributed by atoms with Crippen LogP contribution in [0.4, 0.5) is 5.69 Å². The third-order valence-corrected chi connectivity index (χ3v) is 5.14. The highest BCUT2D eigenvalue weighted by atomic mass is 32.2. The molecule has 20 heavy (non-hydrogen) atoms. The number of aromatic amines is 1. The van der Waals surface area contributed by atoms with Crippen molar-refractivity contribution in [3.63, 3.8) is 0 Å². The van der Waals surface area contributed by atoms with Crippen LogP contribution < -0.4 is 11.1 Å². The first kappa shape index (κ1) is 12.9. The molecular formula is C12H14N4O3S. The molecule has 1 aromatic heterocycles. The monoisotopic (exact) mass is 294 g/mol. The Morgan fingerprint density at radius 3 is 2.95 bits per heavy atom. The van der Waals surface area contributed by atoms with Gasteiger partial charge < -0.3 is 11.1 Å². The van der Waals surface area contributed by atoms with Crippen molar-refractivity contribution < 1.29 is 13.2 Å². The lowest BCUT2D eigenvalue weighted by molar-refractivity contribution is 0.0937. The Labute approximate surface area is 115 Å². The Hall–Kier alpha value is -2.09. The minimum absolute atomic E-state index is 0.0107. The van der Waals surface area contributed by atoms with E-state index < -0.39 is 9.84 Å². The van der Waals surface area contributed by atoms with Crippen LogP contribution >= 0.6 is 0 Å². The number of benzene rings is 1. The largest absolute Gasteiger partial charge is 0.399 e. The predicted octanol–water partition coefficient (Wildman–Crippen LogP) is 0.0620. The first-order chi connectivity index (χ1) is 9.44. The van der Waals surface area contributed by atoms with E-state index in [1.54, 1.807) is 18.2 Å². The molecule has 1 aliphatic heterocycles. The Morgan fingerprint density at radius 2 is 2.25 bits per heavy atom. The summed E-state index contributed by atoms with van der Waals surface area (Å²) in [6.45, 7) is 0. The molecule has 1 amide bonds. The van der Waals surface area contributed by atoms with Gasteiger partial charge in [0.2, 0.25) is 0 Å². The normalized spacial score (nSPS) is 21.1. The fraction of sp³-hybridized carbons (Fsp3) is 0.333. The number of H-pyrrole nitrogens is 1. The molecule has 3 rings (SSSR count). The number of nitrogens with two attached hydrogens (primary N) is 1. The van der Waals surface area contributed by atoms with Gasteiger partial charge in [-0.25, -0.2) is 8.42 Å². The summed E-state index contributed by atoms with van der Waals surface area (Å²) in [5, 5.41) is 10.1. The van der Waals surface area contributed by atoms with Crippen LogP contribution in [0.3, 0.4) is 0 Å². The Balaban J connectivity index is 1.84. The van der Waals surface area contributed by atoms with Crippen molar-refractivity contribution in [2.24, 2.45) is 0 Å². The van der Waals surface area contributed by atoms with Gasteiger partial charge in [0.15, 0.2) is 15.5 Å². The average molecular weight is 294 g/mol. The number of hydrogen-bond donors (Lipinski definition) is 3. The zero-order valence-electron chi connectivity index (χ0n) is 10.6. The second-order valence-corrected chi connectivity index (χ2v) is 7.18. The number of nitrogens with one attached hydrogen (secondary N) is 2. The predicted molar refractivity (Wildman–Crippen MR) is 75.0 cm³/mol. The number of carbonyl (C=O) groups is 1. The van der Waals surface area contributed by atoms with E-state index in [1.165, 1.54) is 0 Å². The van der Waals surface area contributed by atoms with Crippen molar-refractivity contribution in [1.29, 1.82) is 0 Å². The van der Waals surface area contributed by atoms with E-state index in [9.17, 15) is 13.2 Å². The summed E-state index contributed by atoms with van der Waals surface area (Å²) in [6.07, 6.45) is 0.443. The standard InChI is InChI=1S/C12H14N4O3S/c13-7-1-2-10-9(5-7)11(16-15-10)12(17)14-8-3-4-20(18,19)6-8/h1-2,5,8H,3-4,6,13H2,(H,14,17)(H,15,16). The van der Waals surface area contributed by atoms with E-state index >= 15 is 0 Å². The van der Waals surface area contributed by atoms with Gasteiger partial charge in [-0.3, -0.25) is 9.89 Å². The van der Waals surface area contributed by atoms with Crippen LogP contribution in [-0.2, 0) is 9.84 Å². The van der Waals surface area contributed by atoms with Gasteiger partial charge in [0.1, 0.15) is 0 Å². The summed E-state index contributed by atoms with van der Waals surface area (Å²) in [6, 6.07) is 4.78. The van der Waals surface area contributed by atoms with Crippen LogP contribution in [0.25, 0.3) is 10.9 Å². The van der Waals surface area contributed by atoms with Crippen molar-refractivity contribution >= 4 is 32.3 Å². The lowest BCUT2D eigenvalue weighted by Gasteiger charge is -2.09. The molecule has 0 radical (unpaired) electrons. The summed E-state index contributed by atoms with van der Waals surface area (Å²) >= 11 is 0. The van der Waals surface area contributed by atoms with Gasteiger partial charge in [-0.1, -0.05) is 0 Å². The van der Waals surface area contributed by atoms with E-state index in [4.69, 9.17) is 5.73 Å². The molecule has 8 heteroatoms. The topological polar surface area (TPSA) is 118 Å². The number of carbonyl (C=O) groups excluding carboxylic acids is 1. The second-order valence-electron chi connectivity index (χ2n) is 4.95. The molecular weight excluding hydrogens is 280 g/mol. The molecule has 1 aliphatic rings. The SMILES string of the molecule is Nc1ccc2[nH]nc(C(=O)NC3CCS(=O)(=O)C3)c2c1. The first-order valence-electron chi connectivity index (χ1n) is 6.19. The highest BCUT2D eigenvalue weighted by Gasteiger charge is 2.29. The number of hydrogen-bond acceptors (Lipinski definition) is 5. The molecule has 0 saturated carbocycles. The van der Waals surface area contributed by atoms with Gasteiger partial charge in [0.05, 0.1) is 17.0 Å². The van der Waals surface area contributed by atoms with E-state index in [2.05, 4.69) is 15.5 Å². The van der Waals surface area contributed by atoms with Crippen molar-refractivity contribution in [1.82, 2.24) is 15.5 Å². The molecule has 106 valence electrons. The molecule has 0 spiro atoms. The molecule has 1 saturated heterocycles. The van der Waals surface area contributed by atoms with Crippen molar-refractivity contribution in [2.75, 3.05) is 17.2 Å². The quantitative estimate of drug-likeness (QED) is 0.677. The molecule has 1 fully saturated rings. The molecule has 2 heterocycles. The summed E-state index contributed by atoms with van der Waals surface area (Å²) in [4.78, 5) is 12.2. The van der Waals surface area contributed by atoms with Gasteiger partial charge in [0, 0.05) is 17.1 Å². The summed E-state index contributed by atoms with van der Waals surface area (Å²) in [5.74, 6) is -0.279. The summed E-state index contributed by atoms with van der Waals surface area (Å²) in [5.41, 5.74) is 7.18. The number of aromatic nitrogens is 2. The van der Waals surface area contributed by atoms with E-state index in [0.717, 1.165) is 0 Å². The number of nitrogen functional groups attached to an aromatic ring is 1. The minimum Gasteiger partial charge on any atom is -0.399 e. The second kappa shape index (κ2) is 4.48. The number of sulfone groups is 1. The van der Waals surface area contributed by atoms with Crippen LogP contribution in [0.15, 0.2) is 18.2 Å². The molecule has 0 bridgehead atoms. The third kappa shape index (κ3) is 2.34. The van der Waals surface area contributed by atoms with E-state index in [-0.39, 0.29) is 29.1 Å². The minimum atomic E-state index is -3.02. The summed E-state index contributed by atoms with van der Waals surface area (Å²) in [7, 11) is -3.02. The lowest BCUT2D eigenvalue weighted by atomic mass is 10.1. The molecule has 1 atom stereocenters. The smallest absolute Gasteiger partial charge is 0.272 e. The van der Waals surface area contributed by atoms with E-state index in [1.807, 2.05) is 0 Å². The number of anilines is 1. The average Bonchev–Trinajstić information content (AvgIpc) is 2.92. The zero-order chi connectivity index (χ0) is 14.3. The highest BCUT2D eigenvalue weighted by Crippen LogP contribution is 2.19. The van der Waals surface area contributed by atoms with Crippen LogP contribution in [-0.4, -0.2) is 42.1 Å². The fourth-order valence-electron chi connectivity index (χ4n) is 2.37. The molecule has 4 N–H and O–H groups in total. The number of rotatable bonds is 2. The molecule has 7 nitrogen and oxygen atoms in total. The maximum Gasteiger partial charge on any atom is 0.272 e. The van der Waals surface area contributed by atoms with Crippen LogP contribution in [0.5, 0.6) is 0 Å². The fourth-order valence-corrected chi connectivity index (χ4v) is 4.04. The highest BCUT2D eigenvalue weighted by molar-refractivity contribution is 7.91. The number of nitrogens with zero attached hydrogens (tertiary/aromatic N) is 1. The van der Waals surface area contributed by atoms with Gasteiger partial charge in [-0.05, 0) is 24.6 Å². The Kier molecular flexibility index (Phi) is 2.89. The van der Waals surface area contributed by atoms with Crippen LogP contribution in [0, 0.1) is 0 Å². The van der Waals surface area contributed by atoms with Gasteiger partial charge >= 0.3 is 0 Å². The maximum absolute atomic E-state index is 12.2. The van der Waals surface area contributed by atoms with E-state index in [0.29, 0.717) is 23.0 Å². The Morgan fingerprint density at radius 1 is 1.45 bits per heavy atom. The summed E-state index contributed by atoms with van der Waals surface area (Å²) < 4.78 is 22.8. The van der Waals surface area contributed by atoms with Crippen molar-refractivity contribution in [3.8, 4) is 0 Å².